The minimum Gasteiger partial charge on any atom is -0.494 e. The van der Waals surface area contributed by atoms with Crippen molar-refractivity contribution in [2.75, 3.05) is 0 Å². The smallest absolute Gasteiger partial charge is 0.238 e. The number of hydrogen-bond acceptors (Lipinski definition) is 6. The molecular weight excluding hydrogens is 360 g/mol. The van der Waals surface area contributed by atoms with E-state index >= 15 is 0 Å². The molecule has 25 heavy (non-hydrogen) atoms. The number of nitrogens with two attached hydrogens (primary N) is 1. The molecule has 2 aromatic carbocycles. The number of thiazole rings is 1. The Morgan fingerprint density at radius 1 is 1.24 bits per heavy atom. The molecule has 0 saturated heterocycles. The fourth-order valence-corrected chi connectivity index (χ4v) is 3.81. The van der Waals surface area contributed by atoms with Crippen LogP contribution in [-0.4, -0.2) is 29.7 Å². The number of aromatic amines is 1. The lowest BCUT2D eigenvalue weighted by molar-refractivity contribution is 0.457. The minimum absolute atomic E-state index is 0. The van der Waals surface area contributed by atoms with Crippen LogP contribution in [0.25, 0.3) is 21.1 Å². The van der Waals surface area contributed by atoms with E-state index in [1.807, 2.05) is 12.1 Å². The number of benzene rings is 2. The first-order chi connectivity index (χ1) is 11.9. The number of aromatic nitrogens is 2. The van der Waals surface area contributed by atoms with Crippen molar-refractivity contribution in [3.05, 3.63) is 47.5 Å². The summed E-state index contributed by atoms with van der Waals surface area (Å²) in [6.45, 7) is 0. The van der Waals surface area contributed by atoms with Crippen LogP contribution in [0, 0.1) is 0 Å². The number of primary sulfonamides is 1. The second kappa shape index (κ2) is 5.66. The van der Waals surface area contributed by atoms with Crippen LogP contribution in [0.2, 0.25) is 0 Å². The van der Waals surface area contributed by atoms with Gasteiger partial charge in [0.1, 0.15) is 0 Å². The summed E-state index contributed by atoms with van der Waals surface area (Å²) < 4.78 is 23.6. The molecular formula is C16H14N4O3S2. The standard InChI is InChI=1S/C16H12N4O3S2.H2/c17-25(22,23)10-3-1-9(2-4-10)18-7-11-14-12(20-16(11)21)5-6-13-15(14)19-8-24-13;/h1-8,20-21H,(H2,17,22,23);1H. The molecule has 0 saturated carbocycles. The Balaban J connectivity index is 0.00000196. The third-order valence-electron chi connectivity index (χ3n) is 3.79. The van der Waals surface area contributed by atoms with Gasteiger partial charge < -0.3 is 10.1 Å². The van der Waals surface area contributed by atoms with E-state index in [9.17, 15) is 13.5 Å². The summed E-state index contributed by atoms with van der Waals surface area (Å²) in [5.41, 5.74) is 4.38. The highest BCUT2D eigenvalue weighted by atomic mass is 32.2. The quantitative estimate of drug-likeness (QED) is 0.477. The second-order valence-corrected chi connectivity index (χ2v) is 7.82. The molecule has 0 unspecified atom stereocenters. The number of hydrogen-bond donors (Lipinski definition) is 3. The zero-order valence-electron chi connectivity index (χ0n) is 12.7. The van der Waals surface area contributed by atoms with Gasteiger partial charge in [-0.15, -0.1) is 11.3 Å². The molecule has 0 aliphatic heterocycles. The predicted octanol–water partition coefficient (Wildman–Crippen LogP) is 3.13. The average molecular weight is 374 g/mol. The Labute approximate surface area is 148 Å². The summed E-state index contributed by atoms with van der Waals surface area (Å²) in [5.74, 6) is 0.000376. The molecule has 0 radical (unpaired) electrons. The van der Waals surface area contributed by atoms with E-state index in [0.29, 0.717) is 11.3 Å². The number of H-pyrrole nitrogens is 1. The van der Waals surface area contributed by atoms with E-state index in [1.165, 1.54) is 29.7 Å². The average Bonchev–Trinajstić information content (AvgIpc) is 3.15. The SMILES string of the molecule is NS(=O)(=O)c1ccc(N=Cc2c(O)[nH]c3ccc4scnc4c23)cc1.[HH]. The predicted molar refractivity (Wildman–Crippen MR) is 100 cm³/mol. The molecule has 0 aliphatic rings. The summed E-state index contributed by atoms with van der Waals surface area (Å²) in [6, 6.07) is 9.68. The van der Waals surface area contributed by atoms with Gasteiger partial charge in [-0.25, -0.2) is 18.5 Å². The Hall–Kier alpha value is -2.75. The summed E-state index contributed by atoms with van der Waals surface area (Å²) >= 11 is 1.52. The highest BCUT2D eigenvalue weighted by Crippen LogP contribution is 2.33. The highest BCUT2D eigenvalue weighted by molar-refractivity contribution is 7.89. The maximum atomic E-state index is 11.3. The molecule has 0 aliphatic carbocycles. The van der Waals surface area contributed by atoms with Crippen LogP contribution in [0.1, 0.15) is 6.99 Å². The van der Waals surface area contributed by atoms with Gasteiger partial charge in [0.05, 0.1) is 37.4 Å². The van der Waals surface area contributed by atoms with Gasteiger partial charge in [0.15, 0.2) is 5.88 Å². The summed E-state index contributed by atoms with van der Waals surface area (Å²) in [6.07, 6.45) is 1.53. The Kier molecular flexibility index (Phi) is 3.57. The summed E-state index contributed by atoms with van der Waals surface area (Å²) in [4.78, 5) is 11.6. The van der Waals surface area contributed by atoms with Crippen LogP contribution in [0.4, 0.5) is 5.69 Å². The number of nitrogens with zero attached hydrogens (tertiary/aromatic N) is 2. The van der Waals surface area contributed by atoms with E-state index in [4.69, 9.17) is 5.14 Å². The maximum Gasteiger partial charge on any atom is 0.238 e. The van der Waals surface area contributed by atoms with E-state index in [0.717, 1.165) is 21.1 Å². The van der Waals surface area contributed by atoms with Gasteiger partial charge in [0.25, 0.3) is 0 Å². The molecule has 9 heteroatoms. The lowest BCUT2D eigenvalue weighted by atomic mass is 10.1. The zero-order valence-corrected chi connectivity index (χ0v) is 14.3. The fraction of sp³-hybridized carbons (Fsp3) is 0. The van der Waals surface area contributed by atoms with Gasteiger partial charge in [-0.1, -0.05) is 0 Å². The number of sulfonamides is 1. The minimum atomic E-state index is -3.74. The van der Waals surface area contributed by atoms with Crippen molar-refractivity contribution >= 4 is 54.4 Å². The molecule has 4 N–H and O–H groups in total. The van der Waals surface area contributed by atoms with Crippen LogP contribution in [0.5, 0.6) is 5.88 Å². The van der Waals surface area contributed by atoms with Crippen molar-refractivity contribution < 1.29 is 15.0 Å². The summed E-state index contributed by atoms with van der Waals surface area (Å²) in [5, 5.41) is 16.1. The number of nitrogens with one attached hydrogen (secondary N) is 1. The topological polar surface area (TPSA) is 121 Å². The third-order valence-corrected chi connectivity index (χ3v) is 5.51. The third kappa shape index (κ3) is 2.78. The van der Waals surface area contributed by atoms with Crippen LogP contribution in [0.3, 0.4) is 0 Å². The molecule has 7 nitrogen and oxygen atoms in total. The molecule has 0 fully saturated rings. The normalized spacial score (nSPS) is 12.5. The monoisotopic (exact) mass is 374 g/mol. The molecule has 0 atom stereocenters. The fourth-order valence-electron chi connectivity index (χ4n) is 2.61. The lowest BCUT2D eigenvalue weighted by Crippen LogP contribution is -2.11. The summed E-state index contributed by atoms with van der Waals surface area (Å²) in [7, 11) is -3.74. The molecule has 128 valence electrons. The zero-order chi connectivity index (χ0) is 17.6. The van der Waals surface area contributed by atoms with Gasteiger partial charge in [-0.3, -0.25) is 4.99 Å². The van der Waals surface area contributed by atoms with E-state index in [-0.39, 0.29) is 12.2 Å². The van der Waals surface area contributed by atoms with Crippen molar-refractivity contribution in [2.24, 2.45) is 10.1 Å². The highest BCUT2D eigenvalue weighted by Gasteiger charge is 2.14. The molecule has 0 amide bonds. The number of rotatable bonds is 3. The van der Waals surface area contributed by atoms with Gasteiger partial charge >= 0.3 is 0 Å². The molecule has 0 bridgehead atoms. The largest absolute Gasteiger partial charge is 0.494 e. The van der Waals surface area contributed by atoms with Gasteiger partial charge in [-0.05, 0) is 36.4 Å². The number of aliphatic imine (C=N–C) groups is 1. The van der Waals surface area contributed by atoms with Crippen LogP contribution < -0.4 is 5.14 Å². The van der Waals surface area contributed by atoms with Gasteiger partial charge in [0, 0.05) is 13.0 Å². The Morgan fingerprint density at radius 3 is 2.72 bits per heavy atom. The van der Waals surface area contributed by atoms with E-state index in [1.54, 1.807) is 17.6 Å². The van der Waals surface area contributed by atoms with Crippen molar-refractivity contribution in [2.45, 2.75) is 4.90 Å². The van der Waals surface area contributed by atoms with E-state index in [2.05, 4.69) is 15.0 Å². The Bertz CT molecular complexity index is 1230. The van der Waals surface area contributed by atoms with Crippen LogP contribution >= 0.6 is 11.3 Å². The first-order valence-corrected chi connectivity index (χ1v) is 9.60. The molecule has 4 rings (SSSR count). The first-order valence-electron chi connectivity index (χ1n) is 7.17. The molecule has 4 aromatic rings. The van der Waals surface area contributed by atoms with E-state index < -0.39 is 10.0 Å². The molecule has 0 spiro atoms. The van der Waals surface area contributed by atoms with Crippen molar-refractivity contribution in [1.29, 1.82) is 0 Å². The Morgan fingerprint density at radius 2 is 2.00 bits per heavy atom. The number of aromatic hydroxyl groups is 1. The van der Waals surface area contributed by atoms with Crippen molar-refractivity contribution in [3.63, 3.8) is 0 Å². The van der Waals surface area contributed by atoms with Gasteiger partial charge in [0.2, 0.25) is 10.0 Å². The maximum absolute atomic E-state index is 11.3. The van der Waals surface area contributed by atoms with Gasteiger partial charge in [-0.2, -0.15) is 0 Å². The molecule has 2 heterocycles. The lowest BCUT2D eigenvalue weighted by Gasteiger charge is -1.98. The van der Waals surface area contributed by atoms with Crippen LogP contribution in [-0.2, 0) is 10.0 Å². The first kappa shape index (κ1) is 15.8. The van der Waals surface area contributed by atoms with Crippen molar-refractivity contribution in [3.8, 4) is 5.88 Å². The molecule has 2 aromatic heterocycles. The van der Waals surface area contributed by atoms with Crippen molar-refractivity contribution in [1.82, 2.24) is 9.97 Å². The number of fused-ring (bicyclic) bond motifs is 3. The van der Waals surface area contributed by atoms with Crippen LogP contribution in [0.15, 0.2) is 51.8 Å². The second-order valence-electron chi connectivity index (χ2n) is 5.37.